The zero-order chi connectivity index (χ0) is 11.3. The van der Waals surface area contributed by atoms with Gasteiger partial charge < -0.3 is 14.5 Å². The average molecular weight is 214 g/mol. The minimum atomic E-state index is -0.429. The largest absolute Gasteiger partial charge is 0.466 e. The summed E-state index contributed by atoms with van der Waals surface area (Å²) in [5, 5.41) is 0. The molecule has 0 aromatic rings. The number of amides is 1. The lowest BCUT2D eigenvalue weighted by molar-refractivity contribution is -0.149. The molecule has 0 aromatic heterocycles. The van der Waals surface area contributed by atoms with Crippen LogP contribution in [0.25, 0.3) is 0 Å². The lowest BCUT2D eigenvalue weighted by atomic mass is 10.3. The van der Waals surface area contributed by atoms with E-state index in [4.69, 9.17) is 4.74 Å². The molecule has 0 saturated carbocycles. The van der Waals surface area contributed by atoms with Crippen LogP contribution in [0.15, 0.2) is 0 Å². The fourth-order valence-electron chi connectivity index (χ4n) is 1.50. The van der Waals surface area contributed by atoms with E-state index in [9.17, 15) is 9.59 Å². The quantitative estimate of drug-likeness (QED) is 0.478. The highest BCUT2D eigenvalue weighted by Gasteiger charge is 2.21. The number of carbonyl (C=O) groups is 2. The van der Waals surface area contributed by atoms with Crippen LogP contribution >= 0.6 is 0 Å². The third-order valence-electron chi connectivity index (χ3n) is 2.46. The Balaban J connectivity index is 2.31. The van der Waals surface area contributed by atoms with Gasteiger partial charge in [-0.3, -0.25) is 9.59 Å². The predicted octanol–water partition coefficient (Wildman–Crippen LogP) is -0.286. The molecule has 0 spiro atoms. The van der Waals surface area contributed by atoms with Crippen LogP contribution in [0.3, 0.4) is 0 Å². The average Bonchev–Trinajstić information content (AvgIpc) is 2.18. The molecular weight excluding hydrogens is 196 g/mol. The van der Waals surface area contributed by atoms with Crippen molar-refractivity contribution in [3.05, 3.63) is 0 Å². The van der Waals surface area contributed by atoms with Crippen LogP contribution in [0.5, 0.6) is 0 Å². The summed E-state index contributed by atoms with van der Waals surface area (Å²) >= 11 is 0. The van der Waals surface area contributed by atoms with Gasteiger partial charge in [0.05, 0.1) is 6.61 Å². The van der Waals surface area contributed by atoms with Crippen LogP contribution in [0.1, 0.15) is 13.3 Å². The standard InChI is InChI=1S/C10H18N2O3/c1-3-15-10(14)8-9(13)12-6-4-11(2)5-7-12/h3-8H2,1-2H3. The Bertz CT molecular complexity index is 235. The summed E-state index contributed by atoms with van der Waals surface area (Å²) in [5.74, 6) is -0.553. The minimum absolute atomic E-state index is 0.124. The van der Waals surface area contributed by atoms with Crippen LogP contribution in [0, 0.1) is 0 Å². The minimum Gasteiger partial charge on any atom is -0.466 e. The van der Waals surface area contributed by atoms with Gasteiger partial charge >= 0.3 is 5.97 Å². The molecule has 0 atom stereocenters. The molecule has 1 fully saturated rings. The Kier molecular flexibility index (Phi) is 4.55. The zero-order valence-electron chi connectivity index (χ0n) is 9.36. The third-order valence-corrected chi connectivity index (χ3v) is 2.46. The smallest absolute Gasteiger partial charge is 0.315 e. The SMILES string of the molecule is CCOC(=O)CC(=O)N1CCN(C)CC1. The van der Waals surface area contributed by atoms with Crippen molar-refractivity contribution in [2.24, 2.45) is 0 Å². The molecule has 5 heteroatoms. The molecule has 5 nitrogen and oxygen atoms in total. The molecular formula is C10H18N2O3. The summed E-state index contributed by atoms with van der Waals surface area (Å²) in [4.78, 5) is 26.6. The van der Waals surface area contributed by atoms with E-state index in [0.717, 1.165) is 13.1 Å². The maximum atomic E-state index is 11.6. The molecule has 1 saturated heterocycles. The molecule has 1 aliphatic rings. The fraction of sp³-hybridized carbons (Fsp3) is 0.800. The normalized spacial score (nSPS) is 17.6. The molecule has 0 bridgehead atoms. The lowest BCUT2D eigenvalue weighted by Gasteiger charge is -2.32. The Morgan fingerprint density at radius 3 is 2.33 bits per heavy atom. The van der Waals surface area contributed by atoms with Crippen LogP contribution in [-0.2, 0) is 14.3 Å². The summed E-state index contributed by atoms with van der Waals surface area (Å²) in [6, 6.07) is 0. The van der Waals surface area contributed by atoms with Gasteiger partial charge in [0, 0.05) is 26.2 Å². The lowest BCUT2D eigenvalue weighted by Crippen LogP contribution is -2.47. The van der Waals surface area contributed by atoms with Crippen molar-refractivity contribution in [1.29, 1.82) is 0 Å². The summed E-state index contributed by atoms with van der Waals surface area (Å²) < 4.78 is 4.73. The van der Waals surface area contributed by atoms with Crippen molar-refractivity contribution >= 4 is 11.9 Å². The van der Waals surface area contributed by atoms with E-state index in [1.807, 2.05) is 7.05 Å². The topological polar surface area (TPSA) is 49.9 Å². The van der Waals surface area contributed by atoms with E-state index < -0.39 is 5.97 Å². The maximum Gasteiger partial charge on any atom is 0.315 e. The molecule has 1 aliphatic heterocycles. The molecule has 0 aliphatic carbocycles. The van der Waals surface area contributed by atoms with Gasteiger partial charge in [0.15, 0.2) is 0 Å². The van der Waals surface area contributed by atoms with Gasteiger partial charge in [-0.15, -0.1) is 0 Å². The van der Waals surface area contributed by atoms with Crippen molar-refractivity contribution in [2.75, 3.05) is 39.8 Å². The van der Waals surface area contributed by atoms with Gasteiger partial charge in [-0.2, -0.15) is 0 Å². The first-order valence-corrected chi connectivity index (χ1v) is 5.25. The second-order valence-corrected chi connectivity index (χ2v) is 3.67. The van der Waals surface area contributed by atoms with Crippen LogP contribution in [0.2, 0.25) is 0 Å². The molecule has 0 aromatic carbocycles. The first-order chi connectivity index (χ1) is 7.13. The molecule has 1 rings (SSSR count). The fourth-order valence-corrected chi connectivity index (χ4v) is 1.50. The van der Waals surface area contributed by atoms with E-state index in [1.165, 1.54) is 0 Å². The van der Waals surface area contributed by atoms with Gasteiger partial charge in [0.1, 0.15) is 6.42 Å². The van der Waals surface area contributed by atoms with Gasteiger partial charge in [0.2, 0.25) is 5.91 Å². The second-order valence-electron chi connectivity index (χ2n) is 3.67. The summed E-state index contributed by atoms with van der Waals surface area (Å²) in [6.45, 7) is 5.21. The van der Waals surface area contributed by atoms with Crippen molar-refractivity contribution < 1.29 is 14.3 Å². The highest BCUT2D eigenvalue weighted by atomic mass is 16.5. The first-order valence-electron chi connectivity index (χ1n) is 5.25. The Morgan fingerprint density at radius 1 is 1.20 bits per heavy atom. The highest BCUT2D eigenvalue weighted by molar-refractivity contribution is 5.94. The molecule has 0 unspecified atom stereocenters. The van der Waals surface area contributed by atoms with E-state index in [0.29, 0.717) is 19.7 Å². The number of ether oxygens (including phenoxy) is 1. The number of rotatable bonds is 3. The van der Waals surface area contributed by atoms with Crippen LogP contribution < -0.4 is 0 Å². The number of carbonyl (C=O) groups excluding carboxylic acids is 2. The number of hydrogen-bond acceptors (Lipinski definition) is 4. The third kappa shape index (κ3) is 3.87. The van der Waals surface area contributed by atoms with Gasteiger partial charge in [0.25, 0.3) is 0 Å². The van der Waals surface area contributed by atoms with Crippen molar-refractivity contribution in [3.63, 3.8) is 0 Å². The maximum absolute atomic E-state index is 11.6. The van der Waals surface area contributed by atoms with E-state index in [2.05, 4.69) is 4.90 Å². The van der Waals surface area contributed by atoms with Gasteiger partial charge in [-0.25, -0.2) is 0 Å². The summed E-state index contributed by atoms with van der Waals surface area (Å²) in [5.41, 5.74) is 0. The van der Waals surface area contributed by atoms with E-state index in [-0.39, 0.29) is 12.3 Å². The first kappa shape index (κ1) is 12.0. The number of likely N-dealkylation sites (N-methyl/N-ethyl adjacent to an activating group) is 1. The van der Waals surface area contributed by atoms with Crippen molar-refractivity contribution in [3.8, 4) is 0 Å². The molecule has 86 valence electrons. The number of piperazine rings is 1. The Morgan fingerprint density at radius 2 is 1.80 bits per heavy atom. The van der Waals surface area contributed by atoms with Crippen molar-refractivity contribution in [1.82, 2.24) is 9.80 Å². The Hall–Kier alpha value is -1.10. The second kappa shape index (κ2) is 5.70. The zero-order valence-corrected chi connectivity index (χ0v) is 9.36. The predicted molar refractivity (Wildman–Crippen MR) is 55.3 cm³/mol. The number of hydrogen-bond donors (Lipinski definition) is 0. The van der Waals surface area contributed by atoms with Crippen LogP contribution in [0.4, 0.5) is 0 Å². The molecule has 1 heterocycles. The van der Waals surface area contributed by atoms with E-state index in [1.54, 1.807) is 11.8 Å². The van der Waals surface area contributed by atoms with Gasteiger partial charge in [-0.1, -0.05) is 0 Å². The Labute approximate surface area is 90.0 Å². The molecule has 1 amide bonds. The van der Waals surface area contributed by atoms with Crippen molar-refractivity contribution in [2.45, 2.75) is 13.3 Å². The number of esters is 1. The number of nitrogens with zero attached hydrogens (tertiary/aromatic N) is 2. The summed E-state index contributed by atoms with van der Waals surface area (Å²) in [7, 11) is 2.02. The molecule has 0 N–H and O–H groups in total. The van der Waals surface area contributed by atoms with E-state index >= 15 is 0 Å². The molecule has 0 radical (unpaired) electrons. The molecule has 15 heavy (non-hydrogen) atoms. The monoisotopic (exact) mass is 214 g/mol. The van der Waals surface area contributed by atoms with Gasteiger partial charge in [-0.05, 0) is 14.0 Å². The van der Waals surface area contributed by atoms with Crippen LogP contribution in [-0.4, -0.2) is 61.5 Å². The summed E-state index contributed by atoms with van der Waals surface area (Å²) in [6.07, 6.45) is -0.127. The highest BCUT2D eigenvalue weighted by Crippen LogP contribution is 2.02.